The van der Waals surface area contributed by atoms with Gasteiger partial charge in [-0.1, -0.05) is 6.07 Å². The van der Waals surface area contributed by atoms with Crippen LogP contribution in [0, 0.1) is 0 Å². The zero-order valence-corrected chi connectivity index (χ0v) is 8.49. The molecule has 0 saturated carbocycles. The van der Waals surface area contributed by atoms with Crippen molar-refractivity contribution < 1.29 is 4.79 Å². The summed E-state index contributed by atoms with van der Waals surface area (Å²) in [7, 11) is 1.89. The highest BCUT2D eigenvalue weighted by Gasteiger charge is 2.02. The smallest absolute Gasteiger partial charge is 0.137 e. The van der Waals surface area contributed by atoms with Gasteiger partial charge in [0.2, 0.25) is 0 Å². The standard InChI is InChI=1S/C11H16N2O/c1-12-6-3-5-11(14)8-10-4-2-7-13-9-10/h2,4,7,9,12H,3,5-6,8H2,1H3. The van der Waals surface area contributed by atoms with Crippen molar-refractivity contribution >= 4 is 5.78 Å². The van der Waals surface area contributed by atoms with Gasteiger partial charge >= 0.3 is 0 Å². The summed E-state index contributed by atoms with van der Waals surface area (Å²) < 4.78 is 0. The van der Waals surface area contributed by atoms with E-state index in [0.717, 1.165) is 18.5 Å². The molecule has 3 nitrogen and oxygen atoms in total. The van der Waals surface area contributed by atoms with Gasteiger partial charge in [0.15, 0.2) is 0 Å². The average Bonchev–Trinajstić information content (AvgIpc) is 2.20. The molecular formula is C11H16N2O. The third kappa shape index (κ3) is 4.14. The molecule has 0 spiro atoms. The van der Waals surface area contributed by atoms with Gasteiger partial charge in [-0.15, -0.1) is 0 Å². The molecule has 0 atom stereocenters. The Hall–Kier alpha value is -1.22. The maximum Gasteiger partial charge on any atom is 0.137 e. The second kappa shape index (κ2) is 6.27. The van der Waals surface area contributed by atoms with E-state index in [4.69, 9.17) is 0 Å². The highest BCUT2D eigenvalue weighted by atomic mass is 16.1. The van der Waals surface area contributed by atoms with Crippen molar-refractivity contribution in [1.29, 1.82) is 0 Å². The molecule has 0 saturated heterocycles. The Morgan fingerprint density at radius 1 is 1.57 bits per heavy atom. The molecule has 0 radical (unpaired) electrons. The highest BCUT2D eigenvalue weighted by Crippen LogP contribution is 2.01. The van der Waals surface area contributed by atoms with E-state index >= 15 is 0 Å². The van der Waals surface area contributed by atoms with E-state index in [-0.39, 0.29) is 5.78 Å². The van der Waals surface area contributed by atoms with Crippen LogP contribution in [0.25, 0.3) is 0 Å². The molecule has 3 heteroatoms. The van der Waals surface area contributed by atoms with Crippen molar-refractivity contribution in [1.82, 2.24) is 10.3 Å². The number of hydrogen-bond donors (Lipinski definition) is 1. The van der Waals surface area contributed by atoms with E-state index in [1.165, 1.54) is 0 Å². The minimum Gasteiger partial charge on any atom is -0.320 e. The fourth-order valence-corrected chi connectivity index (χ4v) is 1.28. The zero-order valence-electron chi connectivity index (χ0n) is 8.49. The van der Waals surface area contributed by atoms with Gasteiger partial charge in [-0.25, -0.2) is 0 Å². The lowest BCUT2D eigenvalue weighted by Crippen LogP contribution is -2.11. The Morgan fingerprint density at radius 2 is 2.43 bits per heavy atom. The average molecular weight is 192 g/mol. The molecule has 0 unspecified atom stereocenters. The first-order valence-electron chi connectivity index (χ1n) is 4.88. The number of ketones is 1. The van der Waals surface area contributed by atoms with Gasteiger partial charge < -0.3 is 5.32 Å². The van der Waals surface area contributed by atoms with Crippen LogP contribution in [0.2, 0.25) is 0 Å². The molecule has 0 aromatic carbocycles. The van der Waals surface area contributed by atoms with Crippen molar-refractivity contribution in [3.63, 3.8) is 0 Å². The van der Waals surface area contributed by atoms with Crippen molar-refractivity contribution in [3.8, 4) is 0 Å². The highest BCUT2D eigenvalue weighted by molar-refractivity contribution is 5.80. The second-order valence-electron chi connectivity index (χ2n) is 3.28. The fraction of sp³-hybridized carbons (Fsp3) is 0.455. The molecule has 1 aromatic heterocycles. The maximum atomic E-state index is 11.4. The van der Waals surface area contributed by atoms with Crippen LogP contribution in [0.4, 0.5) is 0 Å². The van der Waals surface area contributed by atoms with Crippen molar-refractivity contribution in [3.05, 3.63) is 30.1 Å². The van der Waals surface area contributed by atoms with E-state index in [0.29, 0.717) is 12.8 Å². The minimum atomic E-state index is 0.285. The van der Waals surface area contributed by atoms with Gasteiger partial charge in [-0.2, -0.15) is 0 Å². The summed E-state index contributed by atoms with van der Waals surface area (Å²) >= 11 is 0. The Morgan fingerprint density at radius 3 is 3.07 bits per heavy atom. The van der Waals surface area contributed by atoms with Crippen molar-refractivity contribution in [2.75, 3.05) is 13.6 Å². The number of aromatic nitrogens is 1. The molecule has 0 aliphatic heterocycles. The van der Waals surface area contributed by atoms with Gasteiger partial charge in [0.25, 0.3) is 0 Å². The number of pyridine rings is 1. The molecule has 1 N–H and O–H groups in total. The molecule has 0 fully saturated rings. The van der Waals surface area contributed by atoms with E-state index in [1.54, 1.807) is 12.4 Å². The first-order valence-corrected chi connectivity index (χ1v) is 4.88. The van der Waals surface area contributed by atoms with E-state index in [1.807, 2.05) is 19.2 Å². The molecule has 76 valence electrons. The van der Waals surface area contributed by atoms with E-state index in [9.17, 15) is 4.79 Å². The first kappa shape index (κ1) is 10.9. The second-order valence-corrected chi connectivity index (χ2v) is 3.28. The number of Topliss-reactive ketones (excluding diaryl/α,β-unsaturated/α-hetero) is 1. The number of carbonyl (C=O) groups is 1. The predicted molar refractivity (Wildman–Crippen MR) is 56.1 cm³/mol. The van der Waals surface area contributed by atoms with Crippen LogP contribution in [-0.4, -0.2) is 24.4 Å². The number of rotatable bonds is 6. The Bertz CT molecular complexity index is 272. The summed E-state index contributed by atoms with van der Waals surface area (Å²) in [6.45, 7) is 0.902. The van der Waals surface area contributed by atoms with Gasteiger partial charge in [0, 0.05) is 25.2 Å². The molecule has 0 bridgehead atoms. The van der Waals surface area contributed by atoms with Gasteiger partial charge in [0.1, 0.15) is 5.78 Å². The third-order valence-corrected chi connectivity index (χ3v) is 2.01. The number of nitrogens with zero attached hydrogens (tertiary/aromatic N) is 1. The minimum absolute atomic E-state index is 0.285. The van der Waals surface area contributed by atoms with Crippen LogP contribution in [0.1, 0.15) is 18.4 Å². The lowest BCUT2D eigenvalue weighted by atomic mass is 10.1. The quantitative estimate of drug-likeness (QED) is 0.688. The molecule has 0 amide bonds. The Labute approximate surface area is 84.6 Å². The largest absolute Gasteiger partial charge is 0.320 e. The summed E-state index contributed by atoms with van der Waals surface area (Å²) in [6, 6.07) is 3.79. The van der Waals surface area contributed by atoms with Crippen LogP contribution < -0.4 is 5.32 Å². The van der Waals surface area contributed by atoms with Gasteiger partial charge in [-0.05, 0) is 31.6 Å². The molecule has 0 aliphatic rings. The first-order chi connectivity index (χ1) is 6.83. The van der Waals surface area contributed by atoms with Gasteiger partial charge in [0.05, 0.1) is 0 Å². The van der Waals surface area contributed by atoms with Crippen LogP contribution >= 0.6 is 0 Å². The van der Waals surface area contributed by atoms with Crippen LogP contribution in [0.3, 0.4) is 0 Å². The topological polar surface area (TPSA) is 42.0 Å². The number of carbonyl (C=O) groups excluding carboxylic acids is 1. The SMILES string of the molecule is CNCCCC(=O)Cc1cccnc1. The lowest BCUT2D eigenvalue weighted by molar-refractivity contribution is -0.118. The third-order valence-electron chi connectivity index (χ3n) is 2.01. The summed E-state index contributed by atoms with van der Waals surface area (Å²) in [6.07, 6.45) is 5.54. The zero-order chi connectivity index (χ0) is 10.2. The summed E-state index contributed by atoms with van der Waals surface area (Å²) in [4.78, 5) is 15.4. The Balaban J connectivity index is 2.27. The molecule has 1 rings (SSSR count). The summed E-state index contributed by atoms with van der Waals surface area (Å²) in [5.41, 5.74) is 1.00. The molecular weight excluding hydrogens is 176 g/mol. The summed E-state index contributed by atoms with van der Waals surface area (Å²) in [5.74, 6) is 0.285. The van der Waals surface area contributed by atoms with Crippen LogP contribution in [0.15, 0.2) is 24.5 Å². The molecule has 1 aromatic rings. The van der Waals surface area contributed by atoms with E-state index in [2.05, 4.69) is 10.3 Å². The molecule has 0 aliphatic carbocycles. The normalized spacial score (nSPS) is 10.1. The van der Waals surface area contributed by atoms with Crippen molar-refractivity contribution in [2.45, 2.75) is 19.3 Å². The molecule has 1 heterocycles. The lowest BCUT2D eigenvalue weighted by Gasteiger charge is -2.00. The summed E-state index contributed by atoms with van der Waals surface area (Å²) in [5, 5.41) is 3.02. The van der Waals surface area contributed by atoms with Gasteiger partial charge in [-0.3, -0.25) is 9.78 Å². The van der Waals surface area contributed by atoms with Crippen molar-refractivity contribution in [2.24, 2.45) is 0 Å². The number of nitrogens with one attached hydrogen (secondary N) is 1. The predicted octanol–water partition coefficient (Wildman–Crippen LogP) is 1.19. The fourth-order valence-electron chi connectivity index (χ4n) is 1.28. The monoisotopic (exact) mass is 192 g/mol. The van der Waals surface area contributed by atoms with Crippen LogP contribution in [-0.2, 0) is 11.2 Å². The molecule has 14 heavy (non-hydrogen) atoms. The maximum absolute atomic E-state index is 11.4. The Kier molecular flexibility index (Phi) is 4.86. The number of hydrogen-bond acceptors (Lipinski definition) is 3. The van der Waals surface area contributed by atoms with Crippen LogP contribution in [0.5, 0.6) is 0 Å². The van der Waals surface area contributed by atoms with E-state index < -0.39 is 0 Å².